The van der Waals surface area contributed by atoms with Crippen LogP contribution in [0, 0.1) is 0 Å². The van der Waals surface area contributed by atoms with Crippen molar-refractivity contribution in [1.29, 1.82) is 0 Å². The quantitative estimate of drug-likeness (QED) is 0.596. The van der Waals surface area contributed by atoms with E-state index in [1.165, 1.54) is 19.1 Å². The zero-order chi connectivity index (χ0) is 22.1. The van der Waals surface area contributed by atoms with E-state index in [9.17, 15) is 14.4 Å². The maximum absolute atomic E-state index is 12.4. The summed E-state index contributed by atoms with van der Waals surface area (Å²) in [6.45, 7) is 7.37. The Balaban J connectivity index is 2.16. The van der Waals surface area contributed by atoms with Crippen molar-refractivity contribution in [3.8, 4) is 0 Å². The van der Waals surface area contributed by atoms with E-state index in [0.29, 0.717) is 17.8 Å². The van der Waals surface area contributed by atoms with Crippen molar-refractivity contribution in [2.24, 2.45) is 0 Å². The Morgan fingerprint density at radius 2 is 1.70 bits per heavy atom. The fourth-order valence-corrected chi connectivity index (χ4v) is 3.11. The summed E-state index contributed by atoms with van der Waals surface area (Å²) >= 11 is 0. The number of hydrogen-bond acceptors (Lipinski definition) is 8. The third-order valence-corrected chi connectivity index (χ3v) is 4.88. The molecule has 164 valence electrons. The summed E-state index contributed by atoms with van der Waals surface area (Å²) in [7, 11) is 2.47. The van der Waals surface area contributed by atoms with Gasteiger partial charge in [-0.3, -0.25) is 4.79 Å². The Morgan fingerprint density at radius 1 is 1.07 bits per heavy atom. The van der Waals surface area contributed by atoms with Gasteiger partial charge in [-0.25, -0.2) is 9.59 Å². The SMILES string of the molecule is CCN(CC)CCNC(=O)c1ccc(N2COCC(C(=O)OC)=C2C(=O)OC)cc1. The number of anilines is 1. The summed E-state index contributed by atoms with van der Waals surface area (Å²) in [6, 6.07) is 6.68. The zero-order valence-corrected chi connectivity index (χ0v) is 17.9. The molecule has 1 N–H and O–H groups in total. The van der Waals surface area contributed by atoms with Crippen LogP contribution in [0.15, 0.2) is 35.5 Å². The van der Waals surface area contributed by atoms with Gasteiger partial charge < -0.3 is 29.3 Å². The van der Waals surface area contributed by atoms with Gasteiger partial charge in [0.25, 0.3) is 5.91 Å². The van der Waals surface area contributed by atoms with Crippen molar-refractivity contribution in [3.63, 3.8) is 0 Å². The minimum atomic E-state index is -0.670. The maximum atomic E-state index is 12.4. The number of carbonyl (C=O) groups is 3. The van der Waals surface area contributed by atoms with E-state index in [1.807, 2.05) is 0 Å². The van der Waals surface area contributed by atoms with Crippen LogP contribution in [0.2, 0.25) is 0 Å². The van der Waals surface area contributed by atoms with Crippen molar-refractivity contribution in [3.05, 3.63) is 41.1 Å². The lowest BCUT2D eigenvalue weighted by Gasteiger charge is -2.31. The van der Waals surface area contributed by atoms with Crippen LogP contribution in [0.25, 0.3) is 0 Å². The second-order valence-corrected chi connectivity index (χ2v) is 6.55. The van der Waals surface area contributed by atoms with Crippen LogP contribution in [0.3, 0.4) is 0 Å². The van der Waals surface area contributed by atoms with Crippen LogP contribution in [0.5, 0.6) is 0 Å². The number of esters is 2. The first-order valence-electron chi connectivity index (χ1n) is 9.82. The summed E-state index contributed by atoms with van der Waals surface area (Å²) in [5, 5.41) is 2.90. The average Bonchev–Trinajstić information content (AvgIpc) is 2.80. The van der Waals surface area contributed by atoms with Gasteiger partial charge in [0.15, 0.2) is 0 Å². The standard InChI is InChI=1S/C21H29N3O6/c1-5-23(6-2)12-11-22-19(25)15-7-9-16(10-8-15)24-14-30-13-17(20(26)28-3)18(24)21(27)29-4/h7-10H,5-6,11-14H2,1-4H3,(H,22,25). The molecular weight excluding hydrogens is 390 g/mol. The van der Waals surface area contributed by atoms with E-state index in [2.05, 4.69) is 24.1 Å². The Bertz CT molecular complexity index is 786. The topological polar surface area (TPSA) is 97.4 Å². The van der Waals surface area contributed by atoms with Gasteiger partial charge in [-0.15, -0.1) is 0 Å². The van der Waals surface area contributed by atoms with Crippen LogP contribution >= 0.6 is 0 Å². The molecule has 30 heavy (non-hydrogen) atoms. The number of ether oxygens (including phenoxy) is 3. The third-order valence-electron chi connectivity index (χ3n) is 4.88. The largest absolute Gasteiger partial charge is 0.466 e. The normalized spacial score (nSPS) is 14.0. The average molecular weight is 419 g/mol. The zero-order valence-electron chi connectivity index (χ0n) is 17.9. The summed E-state index contributed by atoms with van der Waals surface area (Å²) in [5.74, 6) is -1.51. The first kappa shape index (κ1) is 23.4. The number of hydrogen-bond donors (Lipinski definition) is 1. The van der Waals surface area contributed by atoms with Gasteiger partial charge in [0.05, 0.1) is 26.4 Å². The number of rotatable bonds is 9. The van der Waals surface area contributed by atoms with Gasteiger partial charge in [-0.05, 0) is 37.4 Å². The molecule has 1 aliphatic heterocycles. The van der Waals surface area contributed by atoms with Gasteiger partial charge >= 0.3 is 11.9 Å². The minimum absolute atomic E-state index is 0.0549. The van der Waals surface area contributed by atoms with Gasteiger partial charge in [0.2, 0.25) is 0 Å². The Hall–Kier alpha value is -2.91. The molecule has 1 aromatic carbocycles. The predicted molar refractivity (Wildman–Crippen MR) is 111 cm³/mol. The van der Waals surface area contributed by atoms with Gasteiger partial charge in [0, 0.05) is 24.3 Å². The molecule has 0 atom stereocenters. The van der Waals surface area contributed by atoms with Crippen molar-refractivity contribution in [1.82, 2.24) is 10.2 Å². The Kier molecular flexibility index (Phi) is 8.82. The predicted octanol–water partition coefficient (Wildman–Crippen LogP) is 1.15. The molecule has 1 aliphatic rings. The molecular formula is C21H29N3O6. The molecule has 0 spiro atoms. The highest BCUT2D eigenvalue weighted by atomic mass is 16.5. The first-order chi connectivity index (χ1) is 14.5. The molecule has 0 aromatic heterocycles. The number of methoxy groups -OCH3 is 2. The molecule has 0 aliphatic carbocycles. The van der Waals surface area contributed by atoms with Crippen molar-refractivity contribution in [2.45, 2.75) is 13.8 Å². The maximum Gasteiger partial charge on any atom is 0.355 e. The molecule has 0 fully saturated rings. The van der Waals surface area contributed by atoms with E-state index >= 15 is 0 Å². The second kappa shape index (κ2) is 11.3. The Labute approximate surface area is 176 Å². The van der Waals surface area contributed by atoms with E-state index in [0.717, 1.165) is 19.6 Å². The molecule has 1 aromatic rings. The molecule has 0 unspecified atom stereocenters. The van der Waals surface area contributed by atoms with Crippen LogP contribution in [0.4, 0.5) is 5.69 Å². The first-order valence-corrected chi connectivity index (χ1v) is 9.82. The molecule has 0 radical (unpaired) electrons. The number of carbonyl (C=O) groups excluding carboxylic acids is 3. The molecule has 1 amide bonds. The highest BCUT2D eigenvalue weighted by Gasteiger charge is 2.32. The lowest BCUT2D eigenvalue weighted by Crippen LogP contribution is -2.38. The fraction of sp³-hybridized carbons (Fsp3) is 0.476. The molecule has 0 saturated carbocycles. The molecule has 0 bridgehead atoms. The fourth-order valence-electron chi connectivity index (χ4n) is 3.11. The van der Waals surface area contributed by atoms with E-state index < -0.39 is 11.9 Å². The van der Waals surface area contributed by atoms with E-state index in [1.54, 1.807) is 24.3 Å². The third kappa shape index (κ3) is 5.58. The minimum Gasteiger partial charge on any atom is -0.466 e. The number of amides is 1. The number of likely N-dealkylation sites (N-methyl/N-ethyl adjacent to an activating group) is 1. The highest BCUT2D eigenvalue weighted by molar-refractivity contribution is 6.03. The van der Waals surface area contributed by atoms with Crippen LogP contribution in [-0.4, -0.2) is 76.5 Å². The monoisotopic (exact) mass is 419 g/mol. The van der Waals surface area contributed by atoms with Crippen molar-refractivity contribution in [2.75, 3.05) is 58.6 Å². The van der Waals surface area contributed by atoms with Crippen LogP contribution in [-0.2, 0) is 23.8 Å². The molecule has 2 rings (SSSR count). The van der Waals surface area contributed by atoms with Gasteiger partial charge in [-0.1, -0.05) is 13.8 Å². The summed E-state index contributed by atoms with van der Waals surface area (Å²) in [4.78, 5) is 40.5. The highest BCUT2D eigenvalue weighted by Crippen LogP contribution is 2.26. The lowest BCUT2D eigenvalue weighted by atomic mass is 10.1. The summed E-state index contributed by atoms with van der Waals surface area (Å²) in [5.41, 5.74) is 1.21. The molecule has 0 saturated heterocycles. The van der Waals surface area contributed by atoms with Crippen LogP contribution < -0.4 is 10.2 Å². The summed E-state index contributed by atoms with van der Waals surface area (Å²) in [6.07, 6.45) is 0. The molecule has 9 heteroatoms. The van der Waals surface area contributed by atoms with E-state index in [-0.39, 0.29) is 30.5 Å². The van der Waals surface area contributed by atoms with Crippen molar-refractivity contribution < 1.29 is 28.6 Å². The summed E-state index contributed by atoms with van der Waals surface area (Å²) < 4.78 is 15.0. The van der Waals surface area contributed by atoms with Gasteiger partial charge in [0.1, 0.15) is 12.4 Å². The van der Waals surface area contributed by atoms with Crippen LogP contribution in [0.1, 0.15) is 24.2 Å². The number of nitrogens with zero attached hydrogens (tertiary/aromatic N) is 2. The molecule has 9 nitrogen and oxygen atoms in total. The van der Waals surface area contributed by atoms with Crippen molar-refractivity contribution >= 4 is 23.5 Å². The molecule has 1 heterocycles. The van der Waals surface area contributed by atoms with E-state index in [4.69, 9.17) is 14.2 Å². The lowest BCUT2D eigenvalue weighted by molar-refractivity contribution is -0.140. The Morgan fingerprint density at radius 3 is 2.27 bits per heavy atom. The smallest absolute Gasteiger partial charge is 0.355 e. The second-order valence-electron chi connectivity index (χ2n) is 6.55. The van der Waals surface area contributed by atoms with Gasteiger partial charge in [-0.2, -0.15) is 0 Å². The number of benzene rings is 1. The number of nitrogens with one attached hydrogen (secondary N) is 1.